The molecule has 5 nitrogen and oxygen atoms in total. The molecule has 0 radical (unpaired) electrons. The van der Waals surface area contributed by atoms with Gasteiger partial charge in [-0.15, -0.1) is 0 Å². The summed E-state index contributed by atoms with van der Waals surface area (Å²) in [5.41, 5.74) is 0. The Kier molecular flexibility index (Phi) is 4.71. The summed E-state index contributed by atoms with van der Waals surface area (Å²) in [4.78, 5) is 2.45. The first-order valence-electron chi connectivity index (χ1n) is 8.73. The molecule has 5 heteroatoms. The van der Waals surface area contributed by atoms with Gasteiger partial charge in [0.25, 0.3) is 0 Å². The number of piperidine rings is 1. The van der Waals surface area contributed by atoms with Crippen molar-refractivity contribution in [1.82, 2.24) is 10.2 Å². The average molecular weight is 328 g/mol. The molecule has 2 aromatic rings. The monoisotopic (exact) mass is 328 g/mol. The summed E-state index contributed by atoms with van der Waals surface area (Å²) in [7, 11) is 0. The number of furan rings is 1. The Labute approximate surface area is 142 Å². The third-order valence-corrected chi connectivity index (χ3v) is 4.75. The van der Waals surface area contributed by atoms with Crippen LogP contribution in [-0.2, 0) is 6.54 Å². The first-order valence-corrected chi connectivity index (χ1v) is 8.73. The van der Waals surface area contributed by atoms with E-state index in [1.54, 1.807) is 6.26 Å². The van der Waals surface area contributed by atoms with E-state index >= 15 is 0 Å². The number of para-hydroxylation sites is 2. The Morgan fingerprint density at radius 3 is 2.67 bits per heavy atom. The summed E-state index contributed by atoms with van der Waals surface area (Å²) in [5.74, 6) is 2.75. The van der Waals surface area contributed by atoms with Gasteiger partial charge in [-0.1, -0.05) is 12.1 Å². The lowest BCUT2D eigenvalue weighted by atomic mass is 10.0. The fraction of sp³-hybridized carbons (Fsp3) is 0.474. The standard InChI is InChI=1S/C19H24N2O3/c1-2-6-19-18(5-1)23-14-17(24-19)12-20-15-7-9-21(10-8-15)13-16-4-3-11-22-16/h1-6,11,15,17,20H,7-10,12-14H2. The van der Waals surface area contributed by atoms with E-state index in [0.29, 0.717) is 12.6 Å². The Balaban J connectivity index is 1.19. The lowest BCUT2D eigenvalue weighted by Crippen LogP contribution is -2.47. The highest BCUT2D eigenvalue weighted by Crippen LogP contribution is 2.30. The summed E-state index contributed by atoms with van der Waals surface area (Å²) in [6.07, 6.45) is 4.14. The lowest BCUT2D eigenvalue weighted by molar-refractivity contribution is 0.0840. The van der Waals surface area contributed by atoms with E-state index in [9.17, 15) is 0 Å². The third kappa shape index (κ3) is 3.74. The molecule has 24 heavy (non-hydrogen) atoms. The highest BCUT2D eigenvalue weighted by atomic mass is 16.6. The highest BCUT2D eigenvalue weighted by Gasteiger charge is 2.24. The van der Waals surface area contributed by atoms with Crippen molar-refractivity contribution in [2.45, 2.75) is 31.5 Å². The predicted molar refractivity (Wildman–Crippen MR) is 91.4 cm³/mol. The van der Waals surface area contributed by atoms with Gasteiger partial charge >= 0.3 is 0 Å². The van der Waals surface area contributed by atoms with E-state index in [-0.39, 0.29) is 6.10 Å². The van der Waals surface area contributed by atoms with E-state index in [0.717, 1.165) is 56.3 Å². The van der Waals surface area contributed by atoms with Crippen LogP contribution in [0.2, 0.25) is 0 Å². The van der Waals surface area contributed by atoms with Crippen molar-refractivity contribution in [1.29, 1.82) is 0 Å². The fourth-order valence-electron chi connectivity index (χ4n) is 3.38. The van der Waals surface area contributed by atoms with Crippen molar-refractivity contribution in [2.75, 3.05) is 26.2 Å². The van der Waals surface area contributed by atoms with Crippen molar-refractivity contribution in [3.8, 4) is 11.5 Å². The molecule has 2 aliphatic heterocycles. The molecule has 0 aliphatic carbocycles. The Morgan fingerprint density at radius 2 is 1.88 bits per heavy atom. The number of hydrogen-bond acceptors (Lipinski definition) is 5. The SMILES string of the molecule is c1coc(CN2CCC(NCC3COc4ccccc4O3)CC2)c1. The van der Waals surface area contributed by atoms with E-state index < -0.39 is 0 Å². The summed E-state index contributed by atoms with van der Waals surface area (Å²) in [6.45, 7) is 4.56. The van der Waals surface area contributed by atoms with Crippen LogP contribution in [0.25, 0.3) is 0 Å². The van der Waals surface area contributed by atoms with E-state index in [2.05, 4.69) is 10.2 Å². The molecule has 1 fully saturated rings. The van der Waals surface area contributed by atoms with E-state index in [4.69, 9.17) is 13.9 Å². The van der Waals surface area contributed by atoms with Crippen LogP contribution in [0.5, 0.6) is 11.5 Å². The van der Waals surface area contributed by atoms with Crippen molar-refractivity contribution in [3.63, 3.8) is 0 Å². The van der Waals surface area contributed by atoms with Crippen LogP contribution in [-0.4, -0.2) is 43.3 Å². The van der Waals surface area contributed by atoms with Crippen LogP contribution < -0.4 is 14.8 Å². The molecule has 2 aliphatic rings. The quantitative estimate of drug-likeness (QED) is 0.914. The maximum Gasteiger partial charge on any atom is 0.161 e. The van der Waals surface area contributed by atoms with E-state index in [1.165, 1.54) is 0 Å². The average Bonchev–Trinajstić information content (AvgIpc) is 3.14. The van der Waals surface area contributed by atoms with Gasteiger partial charge in [0.05, 0.1) is 12.8 Å². The summed E-state index contributed by atoms with van der Waals surface area (Å²) < 4.78 is 17.2. The molecule has 0 amide bonds. The predicted octanol–water partition coefficient (Wildman–Crippen LogP) is 2.67. The lowest BCUT2D eigenvalue weighted by Gasteiger charge is -2.33. The van der Waals surface area contributed by atoms with Gasteiger partial charge in [-0.3, -0.25) is 4.90 Å². The Hall–Kier alpha value is -1.98. The number of rotatable bonds is 5. The third-order valence-electron chi connectivity index (χ3n) is 4.75. The number of hydrogen-bond donors (Lipinski definition) is 1. The van der Waals surface area contributed by atoms with Gasteiger partial charge in [0, 0.05) is 25.7 Å². The highest BCUT2D eigenvalue weighted by molar-refractivity contribution is 5.40. The van der Waals surface area contributed by atoms with Crippen LogP contribution in [0.15, 0.2) is 47.1 Å². The van der Waals surface area contributed by atoms with Crippen molar-refractivity contribution in [2.24, 2.45) is 0 Å². The zero-order valence-electron chi connectivity index (χ0n) is 13.8. The van der Waals surface area contributed by atoms with E-state index in [1.807, 2.05) is 36.4 Å². The molecule has 1 atom stereocenters. The molecule has 0 bridgehead atoms. The molecule has 1 saturated heterocycles. The molecule has 1 N–H and O–H groups in total. The summed E-state index contributed by atoms with van der Waals surface area (Å²) in [5, 5.41) is 3.65. The van der Waals surface area contributed by atoms with Gasteiger partial charge in [-0.05, 0) is 37.1 Å². The summed E-state index contributed by atoms with van der Waals surface area (Å²) in [6, 6.07) is 12.4. The Bertz CT molecular complexity index is 636. The number of likely N-dealkylation sites (tertiary alicyclic amines) is 1. The van der Waals surface area contributed by atoms with Gasteiger partial charge in [-0.25, -0.2) is 0 Å². The normalized spacial score (nSPS) is 21.8. The van der Waals surface area contributed by atoms with Gasteiger partial charge in [0.1, 0.15) is 18.5 Å². The number of fused-ring (bicyclic) bond motifs is 1. The molecule has 1 aromatic carbocycles. The second-order valence-corrected chi connectivity index (χ2v) is 6.54. The van der Waals surface area contributed by atoms with Crippen molar-refractivity contribution >= 4 is 0 Å². The molecule has 1 aromatic heterocycles. The molecule has 0 spiro atoms. The molecule has 3 heterocycles. The minimum atomic E-state index is 0.0843. The zero-order valence-corrected chi connectivity index (χ0v) is 13.8. The molecule has 1 unspecified atom stereocenters. The molecule has 128 valence electrons. The zero-order chi connectivity index (χ0) is 16.2. The minimum absolute atomic E-state index is 0.0843. The Morgan fingerprint density at radius 1 is 1.04 bits per heavy atom. The number of nitrogens with zero attached hydrogens (tertiary/aromatic N) is 1. The van der Waals surface area contributed by atoms with Gasteiger partial charge < -0.3 is 19.2 Å². The second-order valence-electron chi connectivity index (χ2n) is 6.54. The number of ether oxygens (including phenoxy) is 2. The molecular weight excluding hydrogens is 304 g/mol. The van der Waals surface area contributed by atoms with Crippen LogP contribution >= 0.6 is 0 Å². The van der Waals surface area contributed by atoms with Crippen LogP contribution in [0.3, 0.4) is 0 Å². The van der Waals surface area contributed by atoms with Gasteiger partial charge in [0.15, 0.2) is 11.5 Å². The van der Waals surface area contributed by atoms with Crippen LogP contribution in [0, 0.1) is 0 Å². The number of nitrogens with one attached hydrogen (secondary N) is 1. The number of benzene rings is 1. The molecule has 4 rings (SSSR count). The van der Waals surface area contributed by atoms with Gasteiger partial charge in [-0.2, -0.15) is 0 Å². The van der Waals surface area contributed by atoms with Crippen LogP contribution in [0.1, 0.15) is 18.6 Å². The van der Waals surface area contributed by atoms with Gasteiger partial charge in [0.2, 0.25) is 0 Å². The molecular formula is C19H24N2O3. The minimum Gasteiger partial charge on any atom is -0.486 e. The smallest absolute Gasteiger partial charge is 0.161 e. The second kappa shape index (κ2) is 7.28. The molecule has 0 saturated carbocycles. The topological polar surface area (TPSA) is 46.9 Å². The largest absolute Gasteiger partial charge is 0.486 e. The van der Waals surface area contributed by atoms with Crippen LogP contribution in [0.4, 0.5) is 0 Å². The van der Waals surface area contributed by atoms with Crippen molar-refractivity contribution in [3.05, 3.63) is 48.4 Å². The fourth-order valence-corrected chi connectivity index (χ4v) is 3.38. The first kappa shape index (κ1) is 15.5. The summed E-state index contributed by atoms with van der Waals surface area (Å²) >= 11 is 0. The first-order chi connectivity index (χ1) is 11.9. The van der Waals surface area contributed by atoms with Crippen molar-refractivity contribution < 1.29 is 13.9 Å². The maximum absolute atomic E-state index is 6.00. The maximum atomic E-state index is 6.00.